The summed E-state index contributed by atoms with van der Waals surface area (Å²) >= 11 is 0. The Bertz CT molecular complexity index is 936. The zero-order valence-corrected chi connectivity index (χ0v) is 16.9. The standard InChI is InChI=1S/C20H19F6N5O2/c21-19(22,23)12-1-3-15(27-7-12)29-17(14-6-10-5-11(10)9-31(14)18(32)33)30-16-4-2-13(8-28-16)20(24,25)26/h1-4,7-8,10-11,14,17H,5-6,9H2,(H,27,29)(H,28,30)(H,32,33)/t10-,11?,14+/m1/s1. The first-order valence-corrected chi connectivity index (χ1v) is 10.0. The number of nitrogens with one attached hydrogen (secondary N) is 2. The lowest BCUT2D eigenvalue weighted by Gasteiger charge is -2.39. The Hall–Kier alpha value is -3.25. The SMILES string of the molecule is O=C(O)N1CC2C[C@@H]2C[C@H]1C(Nc1ccc(C(F)(F)F)cn1)Nc1ccc(C(F)(F)F)cn1. The summed E-state index contributed by atoms with van der Waals surface area (Å²) in [5.74, 6) is 0.635. The lowest BCUT2D eigenvalue weighted by molar-refractivity contribution is -0.138. The molecule has 1 aliphatic heterocycles. The summed E-state index contributed by atoms with van der Waals surface area (Å²) in [5, 5.41) is 15.4. The molecule has 0 bridgehead atoms. The first kappa shape index (κ1) is 22.9. The molecular formula is C20H19F6N5O2. The van der Waals surface area contributed by atoms with E-state index in [2.05, 4.69) is 20.6 Å². The van der Waals surface area contributed by atoms with Crippen molar-refractivity contribution >= 4 is 17.7 Å². The second-order valence-electron chi connectivity index (χ2n) is 8.12. The molecule has 0 spiro atoms. The molecule has 2 aromatic heterocycles. The van der Waals surface area contributed by atoms with E-state index in [4.69, 9.17) is 0 Å². The molecule has 0 aromatic carbocycles. The molecule has 3 heterocycles. The number of halogens is 6. The van der Waals surface area contributed by atoms with Gasteiger partial charge in [-0.3, -0.25) is 0 Å². The maximum Gasteiger partial charge on any atom is 0.417 e. The van der Waals surface area contributed by atoms with Crippen molar-refractivity contribution in [2.45, 2.75) is 37.4 Å². The zero-order valence-electron chi connectivity index (χ0n) is 16.9. The number of amides is 1. The number of pyridine rings is 2. The van der Waals surface area contributed by atoms with Gasteiger partial charge in [-0.25, -0.2) is 14.8 Å². The van der Waals surface area contributed by atoms with E-state index in [0.717, 1.165) is 30.7 Å². The lowest BCUT2D eigenvalue weighted by Crippen LogP contribution is -2.55. The van der Waals surface area contributed by atoms with Crippen molar-refractivity contribution in [1.82, 2.24) is 14.9 Å². The Morgan fingerprint density at radius 3 is 1.82 bits per heavy atom. The van der Waals surface area contributed by atoms with Gasteiger partial charge in [0.15, 0.2) is 0 Å². The highest BCUT2D eigenvalue weighted by atomic mass is 19.4. The number of nitrogens with zero attached hydrogens (tertiary/aromatic N) is 3. The van der Waals surface area contributed by atoms with Crippen LogP contribution in [-0.2, 0) is 12.4 Å². The number of hydrogen-bond donors (Lipinski definition) is 3. The van der Waals surface area contributed by atoms with Crippen molar-refractivity contribution in [3.05, 3.63) is 47.8 Å². The highest BCUT2D eigenvalue weighted by molar-refractivity contribution is 5.66. The fourth-order valence-electron chi connectivity index (χ4n) is 4.02. The summed E-state index contributed by atoms with van der Waals surface area (Å²) in [6.45, 7) is 0.297. The van der Waals surface area contributed by atoms with Crippen LogP contribution in [0.1, 0.15) is 24.0 Å². The van der Waals surface area contributed by atoms with E-state index < -0.39 is 41.8 Å². The minimum absolute atomic E-state index is 0.0377. The van der Waals surface area contributed by atoms with Gasteiger partial charge in [0, 0.05) is 18.9 Å². The van der Waals surface area contributed by atoms with Crippen LogP contribution in [0, 0.1) is 11.8 Å². The Kier molecular flexibility index (Phi) is 5.74. The van der Waals surface area contributed by atoms with Crippen LogP contribution in [0.25, 0.3) is 0 Å². The lowest BCUT2D eigenvalue weighted by atomic mass is 9.99. The van der Waals surface area contributed by atoms with Crippen molar-refractivity contribution in [3.63, 3.8) is 0 Å². The predicted octanol–water partition coefficient (Wildman–Crippen LogP) is 4.75. The Morgan fingerprint density at radius 1 is 0.909 bits per heavy atom. The van der Waals surface area contributed by atoms with Crippen LogP contribution >= 0.6 is 0 Å². The van der Waals surface area contributed by atoms with E-state index in [-0.39, 0.29) is 17.6 Å². The summed E-state index contributed by atoms with van der Waals surface area (Å²) < 4.78 is 77.0. The fraction of sp³-hybridized carbons (Fsp3) is 0.450. The monoisotopic (exact) mass is 475 g/mol. The molecule has 1 saturated carbocycles. The minimum Gasteiger partial charge on any atom is -0.465 e. The van der Waals surface area contributed by atoms with Crippen LogP contribution in [0.3, 0.4) is 0 Å². The number of hydrogen-bond acceptors (Lipinski definition) is 5. The van der Waals surface area contributed by atoms with Crippen molar-refractivity contribution < 1.29 is 36.2 Å². The molecule has 1 aliphatic carbocycles. The molecule has 1 unspecified atom stereocenters. The van der Waals surface area contributed by atoms with E-state index in [1.54, 1.807) is 0 Å². The van der Waals surface area contributed by atoms with Gasteiger partial charge in [-0.15, -0.1) is 0 Å². The smallest absolute Gasteiger partial charge is 0.417 e. The molecule has 178 valence electrons. The Labute approximate surface area is 183 Å². The van der Waals surface area contributed by atoms with Gasteiger partial charge in [-0.05, 0) is 48.9 Å². The van der Waals surface area contributed by atoms with Gasteiger partial charge in [0.2, 0.25) is 0 Å². The van der Waals surface area contributed by atoms with Crippen LogP contribution in [-0.4, -0.2) is 44.8 Å². The number of piperidine rings is 1. The molecule has 0 radical (unpaired) electrons. The molecule has 3 N–H and O–H groups in total. The summed E-state index contributed by atoms with van der Waals surface area (Å²) in [4.78, 5) is 20.6. The number of alkyl halides is 6. The largest absolute Gasteiger partial charge is 0.465 e. The third kappa shape index (κ3) is 5.22. The highest BCUT2D eigenvalue weighted by Crippen LogP contribution is 2.48. The first-order chi connectivity index (χ1) is 15.4. The van der Waals surface area contributed by atoms with Crippen LogP contribution in [0.4, 0.5) is 42.8 Å². The fourth-order valence-corrected chi connectivity index (χ4v) is 4.02. The molecule has 13 heteroatoms. The van der Waals surface area contributed by atoms with Crippen molar-refractivity contribution in [2.75, 3.05) is 17.2 Å². The van der Waals surface area contributed by atoms with Crippen LogP contribution in [0.2, 0.25) is 0 Å². The van der Waals surface area contributed by atoms with Crippen molar-refractivity contribution in [3.8, 4) is 0 Å². The van der Waals surface area contributed by atoms with E-state index >= 15 is 0 Å². The molecule has 1 amide bonds. The molecule has 2 aromatic rings. The summed E-state index contributed by atoms with van der Waals surface area (Å²) in [7, 11) is 0. The van der Waals surface area contributed by atoms with Crippen LogP contribution in [0.5, 0.6) is 0 Å². The second kappa shape index (κ2) is 8.27. The van der Waals surface area contributed by atoms with E-state index in [1.165, 1.54) is 4.90 Å². The minimum atomic E-state index is -4.57. The number of anilines is 2. The zero-order chi connectivity index (χ0) is 24.0. The predicted molar refractivity (Wildman–Crippen MR) is 104 cm³/mol. The maximum absolute atomic E-state index is 12.8. The third-order valence-corrected chi connectivity index (χ3v) is 5.86. The highest BCUT2D eigenvalue weighted by Gasteiger charge is 2.49. The van der Waals surface area contributed by atoms with Gasteiger partial charge < -0.3 is 20.6 Å². The second-order valence-corrected chi connectivity index (χ2v) is 8.12. The third-order valence-electron chi connectivity index (χ3n) is 5.86. The number of fused-ring (bicyclic) bond motifs is 1. The van der Waals surface area contributed by atoms with Gasteiger partial charge >= 0.3 is 18.4 Å². The summed E-state index contributed by atoms with van der Waals surface area (Å²) in [6.07, 6.45) is -8.59. The normalized spacial score (nSPS) is 22.6. The van der Waals surface area contributed by atoms with Gasteiger partial charge in [0.25, 0.3) is 0 Å². The molecule has 1 saturated heterocycles. The number of carboxylic acid groups (broad SMARTS) is 1. The molecular weight excluding hydrogens is 456 g/mol. The molecule has 4 rings (SSSR count). The average Bonchev–Trinajstić information content (AvgIpc) is 3.50. The van der Waals surface area contributed by atoms with Gasteiger partial charge in [0.1, 0.15) is 17.8 Å². The quantitative estimate of drug-likeness (QED) is 0.427. The number of likely N-dealkylation sites (tertiary alicyclic amines) is 1. The van der Waals surface area contributed by atoms with E-state index in [0.29, 0.717) is 31.3 Å². The van der Waals surface area contributed by atoms with Gasteiger partial charge in [-0.2, -0.15) is 26.3 Å². The van der Waals surface area contributed by atoms with E-state index in [9.17, 15) is 36.2 Å². The van der Waals surface area contributed by atoms with Gasteiger partial charge in [0.05, 0.1) is 17.2 Å². The van der Waals surface area contributed by atoms with Crippen molar-refractivity contribution in [1.29, 1.82) is 0 Å². The van der Waals surface area contributed by atoms with Crippen molar-refractivity contribution in [2.24, 2.45) is 11.8 Å². The molecule has 2 fully saturated rings. The molecule has 2 aliphatic rings. The topological polar surface area (TPSA) is 90.4 Å². The Morgan fingerprint density at radius 2 is 1.42 bits per heavy atom. The first-order valence-electron chi connectivity index (χ1n) is 10.0. The maximum atomic E-state index is 12.8. The molecule has 33 heavy (non-hydrogen) atoms. The number of rotatable bonds is 5. The van der Waals surface area contributed by atoms with Crippen LogP contribution < -0.4 is 10.6 Å². The Balaban J connectivity index is 1.59. The van der Waals surface area contributed by atoms with Gasteiger partial charge in [-0.1, -0.05) is 0 Å². The van der Waals surface area contributed by atoms with E-state index in [1.807, 2.05) is 0 Å². The van der Waals surface area contributed by atoms with Crippen LogP contribution in [0.15, 0.2) is 36.7 Å². The summed E-state index contributed by atoms with van der Waals surface area (Å²) in [5.41, 5.74) is -1.90. The molecule has 7 nitrogen and oxygen atoms in total. The average molecular weight is 475 g/mol. The molecule has 3 atom stereocenters. The number of aromatic nitrogens is 2. The summed E-state index contributed by atoms with van der Waals surface area (Å²) in [6, 6.07) is 3.21. The number of carbonyl (C=O) groups is 1.